The van der Waals surface area contributed by atoms with Gasteiger partial charge in [-0.3, -0.25) is 19.2 Å². The minimum Gasteiger partial charge on any atom is -0.507 e. The zero-order valence-corrected chi connectivity index (χ0v) is 24.9. The number of methoxy groups -OCH3 is 1. The first-order chi connectivity index (χ1) is 21.7. The Morgan fingerprint density at radius 1 is 1.09 bits per heavy atom. The zero-order chi connectivity index (χ0) is 33.5. The van der Waals surface area contributed by atoms with Crippen LogP contribution in [0.3, 0.4) is 0 Å². The van der Waals surface area contributed by atoms with Crippen molar-refractivity contribution in [2.24, 2.45) is 5.41 Å². The van der Waals surface area contributed by atoms with Gasteiger partial charge in [-0.15, -0.1) is 0 Å². The summed E-state index contributed by atoms with van der Waals surface area (Å²) in [7, 11) is 1.000. The molecular weight excluding hydrogens is 604 g/mol. The van der Waals surface area contributed by atoms with Gasteiger partial charge in [0, 0.05) is 24.5 Å². The number of ketones is 2. The van der Waals surface area contributed by atoms with Crippen LogP contribution in [0.1, 0.15) is 77.7 Å². The van der Waals surface area contributed by atoms with Crippen LogP contribution in [-0.4, -0.2) is 73.8 Å². The molecule has 2 aromatic rings. The fraction of sp³-hybridized carbons (Fsp3) is 0.364. The molecule has 2 bridgehead atoms. The molecule has 1 aliphatic heterocycles. The number of hydrogen-bond acceptors (Lipinski definition) is 12. The van der Waals surface area contributed by atoms with Crippen molar-refractivity contribution >= 4 is 35.2 Å². The number of rotatable bonds is 6. The summed E-state index contributed by atoms with van der Waals surface area (Å²) in [6.45, 7) is 2.80. The van der Waals surface area contributed by atoms with Crippen LogP contribution in [0, 0.1) is 5.41 Å². The second kappa shape index (κ2) is 10.4. The number of carboxylic acids is 1. The number of aliphatic carboxylic acids is 1. The van der Waals surface area contributed by atoms with Crippen LogP contribution in [0.25, 0.3) is 5.76 Å². The maximum atomic E-state index is 14.6. The minimum atomic E-state index is -2.42. The Balaban J connectivity index is 1.63. The van der Waals surface area contributed by atoms with Crippen molar-refractivity contribution in [2.75, 3.05) is 7.11 Å². The normalized spacial score (nSPS) is 26.4. The third-order valence-electron chi connectivity index (χ3n) is 9.34. The van der Waals surface area contributed by atoms with E-state index in [2.05, 4.69) is 0 Å². The monoisotopic (exact) mass is 634 g/mol. The number of carboxylic acid groups (broad SMARTS) is 1. The van der Waals surface area contributed by atoms with Crippen molar-refractivity contribution in [3.63, 3.8) is 0 Å². The van der Waals surface area contributed by atoms with E-state index in [9.17, 15) is 49.5 Å². The number of aliphatic hydroxyl groups excluding tert-OH is 2. The molecular formula is C33H30O13. The van der Waals surface area contributed by atoms with E-state index < -0.39 is 89.4 Å². The highest BCUT2D eigenvalue weighted by molar-refractivity contribution is 6.13. The topological polar surface area (TPSA) is 214 Å². The van der Waals surface area contributed by atoms with Crippen LogP contribution in [0.15, 0.2) is 41.5 Å². The van der Waals surface area contributed by atoms with Crippen molar-refractivity contribution in [1.29, 1.82) is 0 Å². The van der Waals surface area contributed by atoms with E-state index in [-0.39, 0.29) is 51.3 Å². The fourth-order valence-electron chi connectivity index (χ4n) is 7.56. The van der Waals surface area contributed by atoms with Gasteiger partial charge in [0.25, 0.3) is 0 Å². The lowest BCUT2D eigenvalue weighted by Gasteiger charge is -2.45. The van der Waals surface area contributed by atoms with Crippen molar-refractivity contribution in [1.82, 2.24) is 0 Å². The van der Waals surface area contributed by atoms with Gasteiger partial charge in [-0.2, -0.15) is 0 Å². The predicted octanol–water partition coefficient (Wildman–Crippen LogP) is 2.94. The van der Waals surface area contributed by atoms with Gasteiger partial charge in [0.15, 0.2) is 11.6 Å². The van der Waals surface area contributed by atoms with Gasteiger partial charge in [-0.25, -0.2) is 4.79 Å². The predicted molar refractivity (Wildman–Crippen MR) is 155 cm³/mol. The highest BCUT2D eigenvalue weighted by Crippen LogP contribution is 2.64. The van der Waals surface area contributed by atoms with Gasteiger partial charge >= 0.3 is 17.9 Å². The van der Waals surface area contributed by atoms with E-state index in [0.717, 1.165) is 7.11 Å². The van der Waals surface area contributed by atoms with Gasteiger partial charge in [-0.05, 0) is 37.5 Å². The number of phenols is 2. The Kier molecular flexibility index (Phi) is 7.00. The largest absolute Gasteiger partial charge is 0.507 e. The van der Waals surface area contributed by atoms with Crippen molar-refractivity contribution in [2.45, 2.75) is 63.3 Å². The van der Waals surface area contributed by atoms with Crippen LogP contribution < -0.4 is 4.74 Å². The maximum absolute atomic E-state index is 14.6. The number of allylic oxidation sites excluding steroid dienone is 1. The number of hydrogen-bond donors (Lipinski definition) is 5. The molecule has 1 heterocycles. The Hall–Kier alpha value is -5.17. The number of esters is 2. The molecule has 0 aromatic heterocycles. The molecule has 1 unspecified atom stereocenters. The molecule has 0 saturated carbocycles. The van der Waals surface area contributed by atoms with Crippen molar-refractivity contribution in [3.8, 4) is 17.2 Å². The Bertz CT molecular complexity index is 1830. The van der Waals surface area contributed by atoms with E-state index in [1.54, 1.807) is 19.1 Å². The molecule has 1 spiro atoms. The molecule has 5 atom stereocenters. The minimum absolute atomic E-state index is 0.0692. The third kappa shape index (κ3) is 4.14. The highest BCUT2D eigenvalue weighted by Gasteiger charge is 2.61. The SMILES string of the molecule is COC(=O)[C@@]1(C(O)CCC(=O)O)CC(=O)c2c(O)cc3c(c2O1)[C@H]1C(=O)C2=C(O)c4c(O)cccc4[C@H](OC(C)=O)[C@@]2(C=C1C)C3. The summed E-state index contributed by atoms with van der Waals surface area (Å²) < 4.78 is 16.9. The Labute approximate surface area is 261 Å². The molecule has 7 rings (SSSR count). The van der Waals surface area contributed by atoms with Gasteiger partial charge < -0.3 is 39.7 Å². The van der Waals surface area contributed by atoms with E-state index in [0.29, 0.717) is 5.57 Å². The number of phenolic OH excluding ortho intramolecular Hbond substituents is 2. The first kappa shape index (κ1) is 30.8. The van der Waals surface area contributed by atoms with E-state index in [4.69, 9.17) is 14.2 Å². The van der Waals surface area contributed by atoms with Gasteiger partial charge in [0.05, 0.1) is 36.0 Å². The van der Waals surface area contributed by atoms with Gasteiger partial charge in [0.2, 0.25) is 5.60 Å². The molecule has 2 aromatic carbocycles. The van der Waals surface area contributed by atoms with E-state index in [1.165, 1.54) is 25.1 Å². The molecule has 0 amide bonds. The lowest BCUT2D eigenvalue weighted by molar-refractivity contribution is -0.172. The average molecular weight is 635 g/mol. The number of benzene rings is 2. The molecule has 5 N–H and O–H groups in total. The molecule has 4 aliphatic carbocycles. The molecule has 240 valence electrons. The lowest BCUT2D eigenvalue weighted by atomic mass is 9.60. The lowest BCUT2D eigenvalue weighted by Crippen LogP contribution is -2.58. The number of aliphatic hydroxyl groups is 2. The highest BCUT2D eigenvalue weighted by atomic mass is 16.6. The standard InChI is InChI=1S/C33H30O13/c1-13-10-32-11-15-9-18(36)25-19(37)12-33(31(43)44-3,20(38)7-8-21(39)40)46-29(25)23(15)22(13)27(41)26(32)28(42)24-16(5-4-6-17(24)35)30(32)45-14(2)34/h4-6,9-10,20,22,30,35-36,38,42H,7-8,11-12H2,1-3H3,(H,39,40)/t20?,22-,30-,32-,33-/m0/s1. The van der Waals surface area contributed by atoms with Crippen LogP contribution in [-0.2, 0) is 35.1 Å². The summed E-state index contributed by atoms with van der Waals surface area (Å²) in [5, 5.41) is 53.9. The van der Waals surface area contributed by atoms with Crippen LogP contribution in [0.5, 0.6) is 17.2 Å². The van der Waals surface area contributed by atoms with Crippen LogP contribution in [0.4, 0.5) is 0 Å². The molecule has 0 saturated heterocycles. The molecule has 46 heavy (non-hydrogen) atoms. The number of aromatic hydroxyl groups is 2. The first-order valence-electron chi connectivity index (χ1n) is 14.4. The summed E-state index contributed by atoms with van der Waals surface area (Å²) >= 11 is 0. The quantitative estimate of drug-likeness (QED) is 0.229. The van der Waals surface area contributed by atoms with E-state index >= 15 is 0 Å². The van der Waals surface area contributed by atoms with Crippen LogP contribution >= 0.6 is 0 Å². The number of ether oxygens (including phenoxy) is 3. The number of carbonyl (C=O) groups is 5. The number of fused-ring (bicyclic) bond motifs is 2. The van der Waals surface area contributed by atoms with Gasteiger partial charge in [-0.1, -0.05) is 23.8 Å². The summed E-state index contributed by atoms with van der Waals surface area (Å²) in [6.07, 6.45) is -3.45. The zero-order valence-electron chi connectivity index (χ0n) is 24.9. The number of Topliss-reactive ketones (excluding diaryl/α,β-unsaturated/α-hetero) is 2. The second-order valence-electron chi connectivity index (χ2n) is 12.1. The average Bonchev–Trinajstić information content (AvgIpc) is 3.17. The fourth-order valence-corrected chi connectivity index (χ4v) is 7.56. The second-order valence-corrected chi connectivity index (χ2v) is 12.1. The summed E-state index contributed by atoms with van der Waals surface area (Å²) in [4.78, 5) is 65.3. The Morgan fingerprint density at radius 2 is 1.80 bits per heavy atom. The molecule has 5 aliphatic rings. The van der Waals surface area contributed by atoms with Crippen molar-refractivity contribution in [3.05, 3.63) is 69.3 Å². The third-order valence-corrected chi connectivity index (χ3v) is 9.34. The molecule has 13 heteroatoms. The van der Waals surface area contributed by atoms with E-state index in [1.807, 2.05) is 0 Å². The van der Waals surface area contributed by atoms with Crippen LogP contribution in [0.2, 0.25) is 0 Å². The summed E-state index contributed by atoms with van der Waals surface area (Å²) in [5.41, 5.74) is -3.62. The number of carbonyl (C=O) groups excluding carboxylic acids is 4. The van der Waals surface area contributed by atoms with Gasteiger partial charge in [0.1, 0.15) is 40.8 Å². The molecule has 13 nitrogen and oxygen atoms in total. The molecule has 0 radical (unpaired) electrons. The maximum Gasteiger partial charge on any atom is 0.353 e. The smallest absolute Gasteiger partial charge is 0.353 e. The first-order valence-corrected chi connectivity index (χ1v) is 14.4. The summed E-state index contributed by atoms with van der Waals surface area (Å²) in [5.74, 6) is -7.74. The molecule has 0 fully saturated rings. The Morgan fingerprint density at radius 3 is 2.46 bits per heavy atom. The van der Waals surface area contributed by atoms with Crippen molar-refractivity contribution < 1.29 is 63.7 Å². The summed E-state index contributed by atoms with van der Waals surface area (Å²) in [6, 6.07) is 5.63.